The van der Waals surface area contributed by atoms with Gasteiger partial charge in [0.05, 0.1) is 33.4 Å². The summed E-state index contributed by atoms with van der Waals surface area (Å²) >= 11 is 0. The van der Waals surface area contributed by atoms with Crippen LogP contribution >= 0.6 is 0 Å². The summed E-state index contributed by atoms with van der Waals surface area (Å²) in [5, 5.41) is 16.1. The molecule has 0 N–H and O–H groups in total. The number of benzene rings is 8. The molecule has 296 valence electrons. The number of rotatable bonds is 5. The third-order valence-corrected chi connectivity index (χ3v) is 12.3. The lowest BCUT2D eigenvalue weighted by Gasteiger charge is -2.21. The molecule has 8 aromatic carbocycles. The zero-order chi connectivity index (χ0) is 42.2. The highest BCUT2D eigenvalue weighted by Gasteiger charge is 2.25. The van der Waals surface area contributed by atoms with Crippen LogP contribution in [0, 0.1) is 17.1 Å². The predicted octanol–water partition coefficient (Wildman–Crippen LogP) is 15.5. The van der Waals surface area contributed by atoms with Crippen LogP contribution in [-0.4, -0.2) is 9.13 Å². The van der Waals surface area contributed by atoms with Crippen molar-refractivity contribution in [2.75, 3.05) is 0 Å². The Labute approximate surface area is 356 Å². The van der Waals surface area contributed by atoms with Gasteiger partial charge in [-0.25, -0.2) is 4.39 Å². The van der Waals surface area contributed by atoms with Crippen LogP contribution in [0.4, 0.5) is 4.39 Å². The van der Waals surface area contributed by atoms with Crippen LogP contribution in [-0.2, 0) is 10.8 Å². The molecular weight excluding hydrogens is 746 g/mol. The van der Waals surface area contributed by atoms with Gasteiger partial charge in [-0.1, -0.05) is 151 Å². The van der Waals surface area contributed by atoms with Gasteiger partial charge in [-0.3, -0.25) is 0 Å². The van der Waals surface area contributed by atoms with Crippen molar-refractivity contribution >= 4 is 43.6 Å². The summed E-state index contributed by atoms with van der Waals surface area (Å²) < 4.78 is 19.1. The smallest absolute Gasteiger partial charge is 0.123 e. The van der Waals surface area contributed by atoms with E-state index < -0.39 is 0 Å². The van der Waals surface area contributed by atoms with E-state index in [1.807, 2.05) is 24.3 Å². The van der Waals surface area contributed by atoms with Gasteiger partial charge >= 0.3 is 0 Å². The van der Waals surface area contributed by atoms with E-state index in [0.717, 1.165) is 88.4 Å². The van der Waals surface area contributed by atoms with Crippen molar-refractivity contribution in [3.8, 4) is 50.8 Å². The summed E-state index contributed by atoms with van der Waals surface area (Å²) in [4.78, 5) is 0. The Morgan fingerprint density at radius 2 is 0.803 bits per heavy atom. The van der Waals surface area contributed by atoms with Gasteiger partial charge in [0.25, 0.3) is 0 Å². The highest BCUT2D eigenvalue weighted by molar-refractivity contribution is 6.12. The Balaban J connectivity index is 1.36. The lowest BCUT2D eigenvalue weighted by Crippen LogP contribution is -2.10. The molecule has 2 aromatic heterocycles. The largest absolute Gasteiger partial charge is 0.308 e. The molecule has 61 heavy (non-hydrogen) atoms. The van der Waals surface area contributed by atoms with Crippen LogP contribution in [0.3, 0.4) is 0 Å². The number of aromatic nitrogens is 2. The molecule has 0 fully saturated rings. The quantitative estimate of drug-likeness (QED) is 0.171. The van der Waals surface area contributed by atoms with E-state index in [1.54, 1.807) is 0 Å². The van der Waals surface area contributed by atoms with Crippen molar-refractivity contribution in [1.82, 2.24) is 9.13 Å². The summed E-state index contributed by atoms with van der Waals surface area (Å²) in [6.45, 7) is 13.5. The SMILES string of the molecule is CC(C)(C)c1ccc2c(c1)c1ccc(-c3ccccc3)cc1n2-c1cc(-c2ccc(F)cc2)cc(-n2c3ccc(C(C)(C)C)cc3c3ccc(-c4ccccc4)cc32)c1C#N. The first kappa shape index (κ1) is 38.0. The zero-order valence-electron chi connectivity index (χ0n) is 35.4. The number of nitriles is 1. The molecule has 0 amide bonds. The Morgan fingerprint density at radius 1 is 0.393 bits per heavy atom. The second-order valence-corrected chi connectivity index (χ2v) is 18.3. The second kappa shape index (κ2) is 14.2. The topological polar surface area (TPSA) is 33.6 Å². The van der Waals surface area contributed by atoms with Crippen molar-refractivity contribution in [3.63, 3.8) is 0 Å². The molecule has 0 radical (unpaired) electrons. The predicted molar refractivity (Wildman–Crippen MR) is 254 cm³/mol. The molecule has 0 aliphatic heterocycles. The van der Waals surface area contributed by atoms with Gasteiger partial charge in [-0.05, 0) is 116 Å². The molecule has 2 heterocycles. The standard InChI is InChI=1S/C57H46FN3/c1-56(2,3)42-21-27-50-47(33-42)45-25-19-39(36-13-9-7-10-14-36)29-52(45)60(50)54-31-41(38-17-23-44(58)24-18-38)32-55(49(54)35-59)61-51-28-22-43(57(4,5)6)34-48(51)46-26-20-40(30-53(46)61)37-15-11-8-12-16-37/h7-34H,1-6H3. The van der Waals surface area contributed by atoms with Gasteiger partial charge in [0, 0.05) is 21.5 Å². The fourth-order valence-electron chi connectivity index (χ4n) is 9.00. The molecule has 0 saturated carbocycles. The summed E-state index contributed by atoms with van der Waals surface area (Å²) in [7, 11) is 0. The van der Waals surface area contributed by atoms with Crippen LogP contribution in [0.2, 0.25) is 0 Å². The molecule has 0 aliphatic carbocycles. The Hall–Kier alpha value is -7.22. The van der Waals surface area contributed by atoms with Crippen LogP contribution in [0.5, 0.6) is 0 Å². The molecule has 0 bridgehead atoms. The molecule has 4 heteroatoms. The maximum absolute atomic E-state index is 14.6. The van der Waals surface area contributed by atoms with E-state index >= 15 is 0 Å². The molecule has 10 aromatic rings. The van der Waals surface area contributed by atoms with E-state index in [2.05, 4.69) is 190 Å². The van der Waals surface area contributed by atoms with Gasteiger partial charge in [0.2, 0.25) is 0 Å². The van der Waals surface area contributed by atoms with Crippen molar-refractivity contribution in [1.29, 1.82) is 5.26 Å². The third kappa shape index (κ3) is 6.49. The number of hydrogen-bond donors (Lipinski definition) is 0. The van der Waals surface area contributed by atoms with E-state index in [-0.39, 0.29) is 16.6 Å². The molecule has 0 unspecified atom stereocenters. The summed E-state index contributed by atoms with van der Waals surface area (Å²) in [6.07, 6.45) is 0. The van der Waals surface area contributed by atoms with Gasteiger partial charge < -0.3 is 9.13 Å². The fraction of sp³-hybridized carbons (Fsp3) is 0.140. The fourth-order valence-corrected chi connectivity index (χ4v) is 9.00. The van der Waals surface area contributed by atoms with Crippen molar-refractivity contribution in [3.05, 3.63) is 192 Å². The summed E-state index contributed by atoms with van der Waals surface area (Å²) in [6, 6.07) is 61.4. The molecule has 10 rings (SSSR count). The van der Waals surface area contributed by atoms with Crippen molar-refractivity contribution in [2.24, 2.45) is 0 Å². The van der Waals surface area contributed by atoms with E-state index in [0.29, 0.717) is 5.56 Å². The van der Waals surface area contributed by atoms with Crippen molar-refractivity contribution in [2.45, 2.75) is 52.4 Å². The molecule has 0 saturated heterocycles. The normalized spacial score (nSPS) is 12.2. The maximum Gasteiger partial charge on any atom is 0.123 e. The lowest BCUT2D eigenvalue weighted by atomic mass is 9.86. The average molecular weight is 792 g/mol. The minimum atomic E-state index is -0.297. The van der Waals surface area contributed by atoms with Gasteiger partial charge in [0.1, 0.15) is 17.4 Å². The van der Waals surface area contributed by atoms with Crippen molar-refractivity contribution < 1.29 is 4.39 Å². The molecule has 0 spiro atoms. The minimum absolute atomic E-state index is 0.0674. The van der Waals surface area contributed by atoms with Crippen LogP contribution in [0.15, 0.2) is 170 Å². The Kier molecular flexibility index (Phi) is 8.86. The zero-order valence-corrected chi connectivity index (χ0v) is 35.4. The van der Waals surface area contributed by atoms with E-state index in [4.69, 9.17) is 0 Å². The van der Waals surface area contributed by atoms with Crippen LogP contribution < -0.4 is 0 Å². The molecule has 0 atom stereocenters. The molecular formula is C57H46FN3. The highest BCUT2D eigenvalue weighted by atomic mass is 19.1. The second-order valence-electron chi connectivity index (χ2n) is 18.3. The van der Waals surface area contributed by atoms with Gasteiger partial charge in [-0.15, -0.1) is 0 Å². The Morgan fingerprint density at radius 3 is 1.21 bits per heavy atom. The van der Waals surface area contributed by atoms with E-state index in [9.17, 15) is 9.65 Å². The first-order valence-corrected chi connectivity index (χ1v) is 21.0. The molecule has 3 nitrogen and oxygen atoms in total. The number of hydrogen-bond acceptors (Lipinski definition) is 1. The minimum Gasteiger partial charge on any atom is -0.308 e. The highest BCUT2D eigenvalue weighted by Crippen LogP contribution is 2.43. The van der Waals surface area contributed by atoms with E-state index in [1.165, 1.54) is 23.3 Å². The third-order valence-electron chi connectivity index (χ3n) is 12.3. The molecule has 0 aliphatic rings. The number of fused-ring (bicyclic) bond motifs is 6. The van der Waals surface area contributed by atoms with Gasteiger partial charge in [-0.2, -0.15) is 5.26 Å². The lowest BCUT2D eigenvalue weighted by molar-refractivity contribution is 0.591. The first-order chi connectivity index (χ1) is 29.4. The van der Waals surface area contributed by atoms with Crippen LogP contribution in [0.25, 0.3) is 88.4 Å². The maximum atomic E-state index is 14.6. The number of halogens is 1. The van der Waals surface area contributed by atoms with Gasteiger partial charge in [0.15, 0.2) is 0 Å². The monoisotopic (exact) mass is 791 g/mol. The summed E-state index contributed by atoms with van der Waals surface area (Å²) in [5.74, 6) is -0.297. The Bertz CT molecular complexity index is 3170. The average Bonchev–Trinajstić information content (AvgIpc) is 3.77. The van der Waals surface area contributed by atoms with Crippen LogP contribution in [0.1, 0.15) is 58.2 Å². The number of nitrogens with zero attached hydrogens (tertiary/aromatic N) is 3. The first-order valence-electron chi connectivity index (χ1n) is 21.0. The summed E-state index contributed by atoms with van der Waals surface area (Å²) in [5.41, 5.74) is 14.6.